The molecule has 2 unspecified atom stereocenters. The Balaban J connectivity index is 1.39. The van der Waals surface area contributed by atoms with Gasteiger partial charge in [-0.2, -0.15) is 10.2 Å². The largest absolute Gasteiger partial charge is 0.391 e. The van der Waals surface area contributed by atoms with Crippen LogP contribution in [-0.4, -0.2) is 73.3 Å². The van der Waals surface area contributed by atoms with Crippen LogP contribution < -0.4 is 5.32 Å². The molecule has 1 aromatic carbocycles. The minimum absolute atomic E-state index is 0.0746. The Morgan fingerprint density at radius 1 is 1.17 bits per heavy atom. The molecule has 36 heavy (non-hydrogen) atoms. The number of aromatic nitrogens is 3. The molecule has 2 fully saturated rings. The number of amides is 2. The Labute approximate surface area is 207 Å². The van der Waals surface area contributed by atoms with Crippen LogP contribution in [0.15, 0.2) is 42.9 Å². The summed E-state index contributed by atoms with van der Waals surface area (Å²) in [6, 6.07) is 6.10. The highest BCUT2D eigenvalue weighted by atomic mass is 19.1. The van der Waals surface area contributed by atoms with Gasteiger partial charge in [0.15, 0.2) is 5.78 Å². The van der Waals surface area contributed by atoms with Gasteiger partial charge in [0.25, 0.3) is 0 Å². The van der Waals surface area contributed by atoms with Crippen LogP contribution in [0.1, 0.15) is 43.0 Å². The van der Waals surface area contributed by atoms with Crippen molar-refractivity contribution < 1.29 is 23.9 Å². The van der Waals surface area contributed by atoms with E-state index in [1.807, 2.05) is 24.3 Å². The van der Waals surface area contributed by atoms with Gasteiger partial charge in [-0.15, -0.1) is 0 Å². The van der Waals surface area contributed by atoms with Crippen LogP contribution in [0.4, 0.5) is 4.39 Å². The maximum atomic E-state index is 14.4. The molecule has 3 heterocycles. The van der Waals surface area contributed by atoms with E-state index < -0.39 is 30.1 Å². The SMILES string of the molecule is CC(=O)c1cn(CC(=O)N2C[C@H](F)CC2C(=O)N[C@@H]2CCCC2O)c2ccc(-c3ccnnc3)cc12. The number of aliphatic hydroxyl groups excluding tert-OH is 1. The number of nitrogens with one attached hydrogen (secondary N) is 1. The summed E-state index contributed by atoms with van der Waals surface area (Å²) in [6.07, 6.45) is 4.93. The molecular formula is C26H28FN5O4. The minimum atomic E-state index is -1.30. The topological polar surface area (TPSA) is 117 Å². The second-order valence-corrected chi connectivity index (χ2v) is 9.60. The van der Waals surface area contributed by atoms with Gasteiger partial charge in [-0.1, -0.05) is 6.07 Å². The standard InChI is InChI=1S/C26H28FN5O4/c1-15(33)20-13-31(22-6-5-16(9-19(20)22)17-7-8-28-29-11-17)14-25(35)32-12-18(27)10-23(32)26(36)30-21-3-2-4-24(21)34/h5-9,11,13,18,21,23-24,34H,2-4,10,12,14H2,1H3,(H,30,36)/t18-,21-,23?,24?/m1/s1. The van der Waals surface area contributed by atoms with Gasteiger partial charge in [0.1, 0.15) is 18.8 Å². The molecule has 10 heteroatoms. The van der Waals surface area contributed by atoms with E-state index in [0.29, 0.717) is 29.3 Å². The molecule has 0 radical (unpaired) electrons. The van der Waals surface area contributed by atoms with E-state index in [1.165, 1.54) is 11.8 Å². The lowest BCUT2D eigenvalue weighted by Crippen LogP contribution is -2.51. The highest BCUT2D eigenvalue weighted by molar-refractivity contribution is 6.08. The number of fused-ring (bicyclic) bond motifs is 1. The summed E-state index contributed by atoms with van der Waals surface area (Å²) >= 11 is 0. The molecule has 1 aliphatic heterocycles. The van der Waals surface area contributed by atoms with Crippen molar-refractivity contribution >= 4 is 28.5 Å². The average Bonchev–Trinajstić information content (AvgIpc) is 3.56. The zero-order valence-electron chi connectivity index (χ0n) is 19.9. The fourth-order valence-corrected chi connectivity index (χ4v) is 5.28. The van der Waals surface area contributed by atoms with Crippen LogP contribution >= 0.6 is 0 Å². The number of alkyl halides is 1. The maximum Gasteiger partial charge on any atom is 0.243 e. The van der Waals surface area contributed by atoms with Gasteiger partial charge < -0.3 is 19.9 Å². The summed E-state index contributed by atoms with van der Waals surface area (Å²) in [4.78, 5) is 39.9. The zero-order chi connectivity index (χ0) is 25.4. The lowest BCUT2D eigenvalue weighted by atomic mass is 10.0. The van der Waals surface area contributed by atoms with E-state index in [9.17, 15) is 23.9 Å². The van der Waals surface area contributed by atoms with E-state index >= 15 is 0 Å². The Morgan fingerprint density at radius 2 is 2.00 bits per heavy atom. The molecule has 5 rings (SSSR count). The van der Waals surface area contributed by atoms with Crippen molar-refractivity contribution in [2.75, 3.05) is 6.54 Å². The molecule has 1 saturated heterocycles. The van der Waals surface area contributed by atoms with Crippen molar-refractivity contribution in [2.45, 2.75) is 63.5 Å². The van der Waals surface area contributed by atoms with Gasteiger partial charge in [0.2, 0.25) is 11.8 Å². The molecular weight excluding hydrogens is 465 g/mol. The smallest absolute Gasteiger partial charge is 0.243 e. The van der Waals surface area contributed by atoms with Crippen molar-refractivity contribution in [3.05, 3.63) is 48.4 Å². The van der Waals surface area contributed by atoms with Crippen LogP contribution in [0, 0.1) is 0 Å². The molecule has 188 valence electrons. The molecule has 4 atom stereocenters. The van der Waals surface area contributed by atoms with E-state index in [0.717, 1.165) is 17.5 Å². The first kappa shape index (κ1) is 24.1. The number of ketones is 1. The second-order valence-electron chi connectivity index (χ2n) is 9.60. The van der Waals surface area contributed by atoms with Crippen LogP contribution in [0.2, 0.25) is 0 Å². The third-order valence-corrected chi connectivity index (χ3v) is 7.16. The van der Waals surface area contributed by atoms with Gasteiger partial charge in [-0.05, 0) is 49.9 Å². The first-order chi connectivity index (χ1) is 17.3. The number of halogens is 1. The highest BCUT2D eigenvalue weighted by Gasteiger charge is 2.41. The van der Waals surface area contributed by atoms with E-state index in [4.69, 9.17) is 0 Å². The number of carbonyl (C=O) groups is 3. The second kappa shape index (κ2) is 9.77. The van der Waals surface area contributed by atoms with Gasteiger partial charge in [-0.3, -0.25) is 14.4 Å². The molecule has 1 saturated carbocycles. The van der Waals surface area contributed by atoms with Gasteiger partial charge in [0, 0.05) is 34.6 Å². The maximum absolute atomic E-state index is 14.4. The summed E-state index contributed by atoms with van der Waals surface area (Å²) < 4.78 is 16.0. The number of Topliss-reactive ketones (excluding diaryl/α,β-unsaturated/α-hetero) is 1. The molecule has 2 N–H and O–H groups in total. The molecule has 0 spiro atoms. The third kappa shape index (κ3) is 4.60. The Kier molecular flexibility index (Phi) is 6.53. The monoisotopic (exact) mass is 493 g/mol. The fourth-order valence-electron chi connectivity index (χ4n) is 5.28. The Hall–Kier alpha value is -3.66. The minimum Gasteiger partial charge on any atom is -0.391 e. The lowest BCUT2D eigenvalue weighted by molar-refractivity contribution is -0.139. The molecule has 9 nitrogen and oxygen atoms in total. The summed E-state index contributed by atoms with van der Waals surface area (Å²) in [5.74, 6) is -0.989. The molecule has 1 aliphatic carbocycles. The number of rotatable bonds is 6. The molecule has 3 aromatic rings. The van der Waals surface area contributed by atoms with Crippen molar-refractivity contribution in [2.24, 2.45) is 0 Å². The van der Waals surface area contributed by atoms with E-state index in [-0.39, 0.29) is 31.3 Å². The normalized spacial score (nSPS) is 23.8. The molecule has 2 aliphatic rings. The number of nitrogens with zero attached hydrogens (tertiary/aromatic N) is 4. The van der Waals surface area contributed by atoms with Crippen molar-refractivity contribution in [3.8, 4) is 11.1 Å². The van der Waals surface area contributed by atoms with Crippen molar-refractivity contribution in [3.63, 3.8) is 0 Å². The predicted octanol–water partition coefficient (Wildman–Crippen LogP) is 2.27. The molecule has 2 aromatic heterocycles. The summed E-state index contributed by atoms with van der Waals surface area (Å²) in [5.41, 5.74) is 2.86. The Morgan fingerprint density at radius 3 is 2.69 bits per heavy atom. The van der Waals surface area contributed by atoms with Crippen LogP contribution in [0.25, 0.3) is 22.0 Å². The average molecular weight is 494 g/mol. The zero-order valence-corrected chi connectivity index (χ0v) is 19.9. The predicted molar refractivity (Wildman–Crippen MR) is 130 cm³/mol. The number of hydrogen-bond donors (Lipinski definition) is 2. The highest BCUT2D eigenvalue weighted by Crippen LogP contribution is 2.29. The quantitative estimate of drug-likeness (QED) is 0.509. The summed E-state index contributed by atoms with van der Waals surface area (Å²) in [7, 11) is 0. The third-order valence-electron chi connectivity index (χ3n) is 7.16. The number of hydrogen-bond acceptors (Lipinski definition) is 6. The molecule has 2 amide bonds. The number of aliphatic hydroxyl groups is 1. The van der Waals surface area contributed by atoms with Gasteiger partial charge in [0.05, 0.1) is 31.1 Å². The fraction of sp³-hybridized carbons (Fsp3) is 0.423. The summed E-state index contributed by atoms with van der Waals surface area (Å²) in [6.45, 7) is 1.16. The van der Waals surface area contributed by atoms with Gasteiger partial charge in [-0.25, -0.2) is 4.39 Å². The molecule has 0 bridgehead atoms. The van der Waals surface area contributed by atoms with Crippen molar-refractivity contribution in [1.82, 2.24) is 25.0 Å². The lowest BCUT2D eigenvalue weighted by Gasteiger charge is -2.26. The first-order valence-electron chi connectivity index (χ1n) is 12.1. The van der Waals surface area contributed by atoms with E-state index in [1.54, 1.807) is 23.2 Å². The van der Waals surface area contributed by atoms with Crippen LogP contribution in [0.5, 0.6) is 0 Å². The Bertz CT molecular complexity index is 1310. The number of benzene rings is 1. The number of likely N-dealkylation sites (tertiary alicyclic amines) is 1. The van der Waals surface area contributed by atoms with Gasteiger partial charge >= 0.3 is 0 Å². The summed E-state index contributed by atoms with van der Waals surface area (Å²) in [5, 5.41) is 21.2. The first-order valence-corrected chi connectivity index (χ1v) is 12.1. The van der Waals surface area contributed by atoms with Crippen LogP contribution in [-0.2, 0) is 16.1 Å². The van der Waals surface area contributed by atoms with E-state index in [2.05, 4.69) is 15.5 Å². The van der Waals surface area contributed by atoms with Crippen LogP contribution in [0.3, 0.4) is 0 Å². The number of carbonyl (C=O) groups excluding carboxylic acids is 3. The van der Waals surface area contributed by atoms with Crippen molar-refractivity contribution in [1.29, 1.82) is 0 Å².